The second-order valence-electron chi connectivity index (χ2n) is 3.61. The van der Waals surface area contributed by atoms with Crippen molar-refractivity contribution >= 4 is 16.6 Å². The average Bonchev–Trinajstić information content (AvgIpc) is 2.27. The van der Waals surface area contributed by atoms with Crippen LogP contribution in [0.1, 0.15) is 22.8 Å². The number of ketones is 1. The van der Waals surface area contributed by atoms with Gasteiger partial charge in [0, 0.05) is 5.56 Å². The van der Waals surface area contributed by atoms with E-state index >= 15 is 0 Å². The molecule has 0 saturated heterocycles. The van der Waals surface area contributed by atoms with Crippen molar-refractivity contribution < 1.29 is 9.90 Å². The summed E-state index contributed by atoms with van der Waals surface area (Å²) in [7, 11) is 0. The second-order valence-corrected chi connectivity index (χ2v) is 3.61. The molecule has 0 fully saturated rings. The van der Waals surface area contributed by atoms with Crippen LogP contribution in [0.25, 0.3) is 10.8 Å². The number of carbonyl (C=O) groups is 1. The van der Waals surface area contributed by atoms with Crippen LogP contribution in [0.15, 0.2) is 36.4 Å². The summed E-state index contributed by atoms with van der Waals surface area (Å²) in [6.07, 6.45) is 0. The average molecular weight is 200 g/mol. The summed E-state index contributed by atoms with van der Waals surface area (Å²) < 4.78 is 0. The Labute approximate surface area is 88.2 Å². The molecule has 0 bridgehead atoms. The van der Waals surface area contributed by atoms with E-state index in [1.54, 1.807) is 6.92 Å². The van der Waals surface area contributed by atoms with Gasteiger partial charge in [-0.3, -0.25) is 4.79 Å². The molecule has 2 aromatic carbocycles. The van der Waals surface area contributed by atoms with Crippen molar-refractivity contribution in [3.05, 3.63) is 47.5 Å². The number of carbonyl (C=O) groups excluding carboxylic acids is 1. The summed E-state index contributed by atoms with van der Waals surface area (Å²) in [5.74, 6) is 0.0723. The van der Waals surface area contributed by atoms with Gasteiger partial charge in [-0.15, -0.1) is 0 Å². The van der Waals surface area contributed by atoms with Gasteiger partial charge >= 0.3 is 0 Å². The maximum atomic E-state index is 11.2. The van der Waals surface area contributed by atoms with E-state index in [9.17, 15) is 4.79 Å². The van der Waals surface area contributed by atoms with Crippen LogP contribution in [0.3, 0.4) is 0 Å². The maximum Gasteiger partial charge on any atom is 0.159 e. The molecule has 0 radical (unpaired) electrons. The SMILES string of the molecule is CC(=O)c1ccc2cc(CO)ccc2c1. The third-order valence-electron chi connectivity index (χ3n) is 2.49. The van der Waals surface area contributed by atoms with Gasteiger partial charge in [-0.2, -0.15) is 0 Å². The van der Waals surface area contributed by atoms with Crippen molar-refractivity contribution in [3.63, 3.8) is 0 Å². The Bertz CT molecular complexity index is 515. The van der Waals surface area contributed by atoms with Gasteiger partial charge < -0.3 is 5.11 Å². The van der Waals surface area contributed by atoms with Crippen LogP contribution >= 0.6 is 0 Å². The molecule has 76 valence electrons. The van der Waals surface area contributed by atoms with Crippen molar-refractivity contribution in [1.29, 1.82) is 0 Å². The predicted octanol–water partition coefficient (Wildman–Crippen LogP) is 2.53. The summed E-state index contributed by atoms with van der Waals surface area (Å²) in [6, 6.07) is 11.3. The first-order valence-electron chi connectivity index (χ1n) is 4.85. The molecular formula is C13H12O2. The molecule has 0 aliphatic heterocycles. The summed E-state index contributed by atoms with van der Waals surface area (Å²) in [4.78, 5) is 11.2. The number of aliphatic hydroxyl groups is 1. The van der Waals surface area contributed by atoms with E-state index in [1.807, 2.05) is 36.4 Å². The minimum Gasteiger partial charge on any atom is -0.392 e. The summed E-state index contributed by atoms with van der Waals surface area (Å²) in [5, 5.41) is 11.1. The molecule has 0 unspecified atom stereocenters. The molecule has 0 atom stereocenters. The quantitative estimate of drug-likeness (QED) is 0.756. The Hall–Kier alpha value is -1.67. The third-order valence-corrected chi connectivity index (χ3v) is 2.49. The van der Waals surface area contributed by atoms with Crippen molar-refractivity contribution in [3.8, 4) is 0 Å². The fraction of sp³-hybridized carbons (Fsp3) is 0.154. The lowest BCUT2D eigenvalue weighted by Crippen LogP contribution is -1.91. The highest BCUT2D eigenvalue weighted by Gasteiger charge is 2.01. The largest absolute Gasteiger partial charge is 0.392 e. The van der Waals surface area contributed by atoms with Gasteiger partial charge in [-0.25, -0.2) is 0 Å². The number of hydrogen-bond acceptors (Lipinski definition) is 2. The molecule has 0 aliphatic rings. The smallest absolute Gasteiger partial charge is 0.159 e. The lowest BCUT2D eigenvalue weighted by Gasteiger charge is -2.02. The molecule has 2 aromatic rings. The number of benzene rings is 2. The van der Waals surface area contributed by atoms with E-state index in [0.29, 0.717) is 0 Å². The molecule has 0 amide bonds. The molecule has 0 spiro atoms. The van der Waals surface area contributed by atoms with E-state index in [4.69, 9.17) is 5.11 Å². The molecule has 0 aliphatic carbocycles. The van der Waals surface area contributed by atoms with Crippen LogP contribution in [0.2, 0.25) is 0 Å². The topological polar surface area (TPSA) is 37.3 Å². The normalized spacial score (nSPS) is 10.5. The van der Waals surface area contributed by atoms with Gasteiger partial charge in [0.15, 0.2) is 5.78 Å². The molecule has 0 aromatic heterocycles. The molecule has 1 N–H and O–H groups in total. The Kier molecular flexibility index (Phi) is 2.52. The summed E-state index contributed by atoms with van der Waals surface area (Å²) in [5.41, 5.74) is 1.61. The van der Waals surface area contributed by atoms with E-state index < -0.39 is 0 Å². The summed E-state index contributed by atoms with van der Waals surface area (Å²) >= 11 is 0. The fourth-order valence-electron chi connectivity index (χ4n) is 1.61. The zero-order valence-electron chi connectivity index (χ0n) is 8.53. The highest BCUT2D eigenvalue weighted by Crippen LogP contribution is 2.18. The lowest BCUT2D eigenvalue weighted by molar-refractivity contribution is 0.101. The molecule has 0 saturated carbocycles. The first-order chi connectivity index (χ1) is 7.20. The predicted molar refractivity (Wildman–Crippen MR) is 59.9 cm³/mol. The highest BCUT2D eigenvalue weighted by atomic mass is 16.3. The fourth-order valence-corrected chi connectivity index (χ4v) is 1.61. The van der Waals surface area contributed by atoms with Gasteiger partial charge in [0.25, 0.3) is 0 Å². The Balaban J connectivity index is 2.59. The number of aliphatic hydroxyl groups excluding tert-OH is 1. The van der Waals surface area contributed by atoms with E-state index in [0.717, 1.165) is 21.9 Å². The Morgan fingerprint density at radius 3 is 2.47 bits per heavy atom. The van der Waals surface area contributed by atoms with Gasteiger partial charge in [-0.05, 0) is 35.4 Å². The van der Waals surface area contributed by atoms with E-state index in [2.05, 4.69) is 0 Å². The van der Waals surface area contributed by atoms with Gasteiger partial charge in [0.1, 0.15) is 0 Å². The second kappa shape index (κ2) is 3.83. The monoisotopic (exact) mass is 200 g/mol. The van der Waals surface area contributed by atoms with Crippen LogP contribution < -0.4 is 0 Å². The van der Waals surface area contributed by atoms with Crippen LogP contribution in [-0.2, 0) is 6.61 Å². The Morgan fingerprint density at radius 2 is 1.80 bits per heavy atom. The van der Waals surface area contributed by atoms with Crippen molar-refractivity contribution in [1.82, 2.24) is 0 Å². The molecular weight excluding hydrogens is 188 g/mol. The molecule has 2 rings (SSSR count). The number of hydrogen-bond donors (Lipinski definition) is 1. The zero-order chi connectivity index (χ0) is 10.8. The standard InChI is InChI=1S/C13H12O2/c1-9(15)11-4-5-12-6-10(8-14)2-3-13(12)7-11/h2-7,14H,8H2,1H3. The number of Topliss-reactive ketones (excluding diaryl/α,β-unsaturated/α-hetero) is 1. The summed E-state index contributed by atoms with van der Waals surface area (Å²) in [6.45, 7) is 1.60. The third kappa shape index (κ3) is 1.90. The number of fused-ring (bicyclic) bond motifs is 1. The maximum absolute atomic E-state index is 11.2. The van der Waals surface area contributed by atoms with Gasteiger partial charge in [-0.1, -0.05) is 24.3 Å². The number of rotatable bonds is 2. The molecule has 2 heteroatoms. The van der Waals surface area contributed by atoms with Gasteiger partial charge in [0.05, 0.1) is 6.61 Å². The Morgan fingerprint density at radius 1 is 1.13 bits per heavy atom. The van der Waals surface area contributed by atoms with E-state index in [1.165, 1.54) is 0 Å². The minimum absolute atomic E-state index is 0.0460. The highest BCUT2D eigenvalue weighted by molar-refractivity contribution is 5.98. The first-order valence-corrected chi connectivity index (χ1v) is 4.85. The van der Waals surface area contributed by atoms with Crippen molar-refractivity contribution in [2.45, 2.75) is 13.5 Å². The molecule has 2 nitrogen and oxygen atoms in total. The van der Waals surface area contributed by atoms with E-state index in [-0.39, 0.29) is 12.4 Å². The van der Waals surface area contributed by atoms with Crippen LogP contribution in [0.5, 0.6) is 0 Å². The van der Waals surface area contributed by atoms with Crippen molar-refractivity contribution in [2.75, 3.05) is 0 Å². The van der Waals surface area contributed by atoms with Crippen LogP contribution in [0, 0.1) is 0 Å². The van der Waals surface area contributed by atoms with Crippen LogP contribution in [0.4, 0.5) is 0 Å². The zero-order valence-corrected chi connectivity index (χ0v) is 8.53. The minimum atomic E-state index is 0.0460. The van der Waals surface area contributed by atoms with Crippen molar-refractivity contribution in [2.24, 2.45) is 0 Å². The van der Waals surface area contributed by atoms with Gasteiger partial charge in [0.2, 0.25) is 0 Å². The lowest BCUT2D eigenvalue weighted by atomic mass is 10.0. The van der Waals surface area contributed by atoms with Crippen LogP contribution in [-0.4, -0.2) is 10.9 Å². The first kappa shape index (κ1) is 9.87. The molecule has 0 heterocycles. The molecule has 15 heavy (non-hydrogen) atoms.